The first-order chi connectivity index (χ1) is 12.6. The van der Waals surface area contributed by atoms with E-state index in [-0.39, 0.29) is 0 Å². The zero-order chi connectivity index (χ0) is 18.3. The predicted octanol–water partition coefficient (Wildman–Crippen LogP) is 4.68. The quantitative estimate of drug-likeness (QED) is 0.384. The van der Waals surface area contributed by atoms with Gasteiger partial charge in [0, 0.05) is 43.3 Å². The molecule has 0 radical (unpaired) electrons. The van der Waals surface area contributed by atoms with Crippen molar-refractivity contribution in [1.82, 2.24) is 9.55 Å². The van der Waals surface area contributed by atoms with Gasteiger partial charge in [0.2, 0.25) is 5.69 Å². The Bertz CT molecular complexity index is 1180. The van der Waals surface area contributed by atoms with Gasteiger partial charge in [-0.15, -0.1) is 0 Å². The molecule has 0 saturated heterocycles. The van der Waals surface area contributed by atoms with Gasteiger partial charge in [0.1, 0.15) is 5.82 Å². The zero-order valence-electron chi connectivity index (χ0n) is 15.1. The third-order valence-electron chi connectivity index (χ3n) is 4.85. The number of aromatic nitrogens is 3. The van der Waals surface area contributed by atoms with Crippen molar-refractivity contribution in [3.05, 3.63) is 83.5 Å². The number of para-hydroxylation sites is 2. The molecule has 2 aromatic heterocycles. The van der Waals surface area contributed by atoms with E-state index in [2.05, 4.69) is 40.0 Å². The van der Waals surface area contributed by atoms with Gasteiger partial charge in [-0.3, -0.25) is 0 Å². The minimum absolute atomic E-state index is 0.614. The molecule has 0 aliphatic carbocycles. The lowest BCUT2D eigenvalue weighted by Gasteiger charge is -2.10. The Kier molecular flexibility index (Phi) is 3.78. The van der Waals surface area contributed by atoms with Gasteiger partial charge < -0.3 is 4.57 Å². The molecule has 0 bridgehead atoms. The smallest absolute Gasteiger partial charge is 0.204 e. The van der Waals surface area contributed by atoms with Gasteiger partial charge in [-0.2, -0.15) is 4.57 Å². The number of rotatable bonds is 2. The lowest BCUT2D eigenvalue weighted by atomic mass is 10.0. The second-order valence-electron chi connectivity index (χ2n) is 6.44. The van der Waals surface area contributed by atoms with E-state index in [0.29, 0.717) is 5.69 Å². The largest absolute Gasteiger partial charge is 0.327 e. The van der Waals surface area contributed by atoms with Crippen LogP contribution in [0.1, 0.15) is 11.3 Å². The molecule has 4 nitrogen and oxygen atoms in total. The average Bonchev–Trinajstić information content (AvgIpc) is 2.99. The summed E-state index contributed by atoms with van der Waals surface area (Å²) >= 11 is 0. The minimum Gasteiger partial charge on any atom is -0.327 e. The van der Waals surface area contributed by atoms with Gasteiger partial charge in [0.15, 0.2) is 17.6 Å². The molecule has 0 atom stereocenters. The Morgan fingerprint density at radius 3 is 2.54 bits per heavy atom. The van der Waals surface area contributed by atoms with Crippen molar-refractivity contribution in [3.8, 4) is 17.1 Å². The number of benzene rings is 2. The molecule has 26 heavy (non-hydrogen) atoms. The standard InChI is InChI=1S/C22H19N4/c1-15-9-7-8-12-26(15)21-14-17(23-3)13-18(16(21)2)22-24-19-10-5-6-11-20(19)25(22)4/h5-14H,1-2,4H3/q+1. The first-order valence-electron chi connectivity index (χ1n) is 8.51. The van der Waals surface area contributed by atoms with E-state index < -0.39 is 0 Å². The minimum atomic E-state index is 0.614. The van der Waals surface area contributed by atoms with E-state index in [4.69, 9.17) is 11.6 Å². The van der Waals surface area contributed by atoms with Crippen LogP contribution in [0.4, 0.5) is 5.69 Å². The van der Waals surface area contributed by atoms with Crippen LogP contribution in [0, 0.1) is 20.4 Å². The van der Waals surface area contributed by atoms with Crippen molar-refractivity contribution in [3.63, 3.8) is 0 Å². The Hall–Kier alpha value is -3.45. The van der Waals surface area contributed by atoms with Crippen molar-refractivity contribution in [2.24, 2.45) is 7.05 Å². The zero-order valence-corrected chi connectivity index (χ0v) is 15.1. The average molecular weight is 339 g/mol. The summed E-state index contributed by atoms with van der Waals surface area (Å²) in [4.78, 5) is 8.52. The summed E-state index contributed by atoms with van der Waals surface area (Å²) < 4.78 is 4.22. The van der Waals surface area contributed by atoms with Crippen LogP contribution in [0.3, 0.4) is 0 Å². The van der Waals surface area contributed by atoms with E-state index in [0.717, 1.165) is 39.4 Å². The lowest BCUT2D eigenvalue weighted by Crippen LogP contribution is -2.34. The number of aryl methyl sites for hydroxylation is 2. The molecule has 2 aromatic carbocycles. The van der Waals surface area contributed by atoms with Crippen molar-refractivity contribution >= 4 is 16.7 Å². The summed E-state index contributed by atoms with van der Waals surface area (Å²) in [5, 5.41) is 0. The van der Waals surface area contributed by atoms with Crippen LogP contribution in [0.5, 0.6) is 0 Å². The fraction of sp³-hybridized carbons (Fsp3) is 0.136. The molecule has 0 saturated carbocycles. The summed E-state index contributed by atoms with van der Waals surface area (Å²) in [7, 11) is 2.02. The summed E-state index contributed by atoms with van der Waals surface area (Å²) in [6, 6.07) is 18.1. The highest BCUT2D eigenvalue weighted by Gasteiger charge is 2.21. The van der Waals surface area contributed by atoms with E-state index in [9.17, 15) is 0 Å². The van der Waals surface area contributed by atoms with Crippen LogP contribution in [0.2, 0.25) is 0 Å². The number of hydrogen-bond acceptors (Lipinski definition) is 1. The molecule has 0 fully saturated rings. The van der Waals surface area contributed by atoms with Crippen molar-refractivity contribution < 1.29 is 4.57 Å². The summed E-state index contributed by atoms with van der Waals surface area (Å²) in [5.41, 5.74) is 6.89. The maximum Gasteiger partial charge on any atom is 0.204 e. The highest BCUT2D eigenvalue weighted by molar-refractivity contribution is 5.82. The molecule has 2 heterocycles. The molecule has 4 rings (SSSR count). The van der Waals surface area contributed by atoms with Crippen molar-refractivity contribution in [1.29, 1.82) is 0 Å². The topological polar surface area (TPSA) is 26.1 Å². The molecule has 0 amide bonds. The molecule has 0 aliphatic rings. The Morgan fingerprint density at radius 2 is 1.81 bits per heavy atom. The first kappa shape index (κ1) is 16.0. The van der Waals surface area contributed by atoms with Crippen LogP contribution in [-0.2, 0) is 7.05 Å². The van der Waals surface area contributed by atoms with Crippen LogP contribution in [-0.4, -0.2) is 9.55 Å². The first-order valence-corrected chi connectivity index (χ1v) is 8.51. The number of nitrogens with zero attached hydrogens (tertiary/aromatic N) is 4. The molecule has 0 N–H and O–H groups in total. The summed E-state index contributed by atoms with van der Waals surface area (Å²) in [6.07, 6.45) is 2.03. The summed E-state index contributed by atoms with van der Waals surface area (Å²) in [6.45, 7) is 11.7. The Morgan fingerprint density at radius 1 is 1.04 bits per heavy atom. The van der Waals surface area contributed by atoms with E-state index in [1.165, 1.54) is 0 Å². The van der Waals surface area contributed by atoms with Gasteiger partial charge in [0.05, 0.1) is 17.6 Å². The normalized spacial score (nSPS) is 10.8. The van der Waals surface area contributed by atoms with Gasteiger partial charge in [-0.05, 0) is 25.1 Å². The molecule has 126 valence electrons. The van der Waals surface area contributed by atoms with Crippen LogP contribution < -0.4 is 4.57 Å². The summed E-state index contributed by atoms with van der Waals surface area (Å²) in [5.74, 6) is 0.879. The van der Waals surface area contributed by atoms with Crippen LogP contribution >= 0.6 is 0 Å². The van der Waals surface area contributed by atoms with E-state index in [1.807, 2.05) is 55.7 Å². The van der Waals surface area contributed by atoms with Gasteiger partial charge in [0.25, 0.3) is 0 Å². The highest BCUT2D eigenvalue weighted by atomic mass is 15.1. The molecule has 4 heteroatoms. The Balaban J connectivity index is 2.03. The number of hydrogen-bond donors (Lipinski definition) is 0. The molecular formula is C22H19N4+. The third kappa shape index (κ3) is 2.46. The number of pyridine rings is 1. The monoisotopic (exact) mass is 339 g/mol. The second-order valence-corrected chi connectivity index (χ2v) is 6.44. The lowest BCUT2D eigenvalue weighted by molar-refractivity contribution is -0.603. The maximum absolute atomic E-state index is 7.54. The van der Waals surface area contributed by atoms with Gasteiger partial charge in [-0.25, -0.2) is 9.83 Å². The third-order valence-corrected chi connectivity index (χ3v) is 4.85. The number of fused-ring (bicyclic) bond motifs is 1. The SMILES string of the molecule is [C-]#[N+]c1cc(-c2nc3ccccc3n2C)c(C)c(-[n+]2ccccc2C)c1. The van der Waals surface area contributed by atoms with E-state index >= 15 is 0 Å². The maximum atomic E-state index is 7.54. The highest BCUT2D eigenvalue weighted by Crippen LogP contribution is 2.32. The van der Waals surface area contributed by atoms with Crippen LogP contribution in [0.25, 0.3) is 33.0 Å². The van der Waals surface area contributed by atoms with Crippen LogP contribution in [0.15, 0.2) is 60.8 Å². The fourth-order valence-corrected chi connectivity index (χ4v) is 3.42. The van der Waals surface area contributed by atoms with Crippen molar-refractivity contribution in [2.45, 2.75) is 13.8 Å². The fourth-order valence-electron chi connectivity index (χ4n) is 3.42. The number of imidazole rings is 1. The van der Waals surface area contributed by atoms with Gasteiger partial charge in [-0.1, -0.05) is 18.2 Å². The molecule has 0 spiro atoms. The Labute approximate surface area is 152 Å². The predicted molar refractivity (Wildman–Crippen MR) is 103 cm³/mol. The molecule has 0 aliphatic heterocycles. The van der Waals surface area contributed by atoms with E-state index in [1.54, 1.807) is 0 Å². The molecular weight excluding hydrogens is 320 g/mol. The van der Waals surface area contributed by atoms with Crippen molar-refractivity contribution in [2.75, 3.05) is 0 Å². The van der Waals surface area contributed by atoms with Gasteiger partial charge >= 0.3 is 0 Å². The second kappa shape index (κ2) is 6.12. The molecule has 4 aromatic rings. The molecule has 0 unspecified atom stereocenters.